The number of benzene rings is 1. The fourth-order valence-corrected chi connectivity index (χ4v) is 3.95. The van der Waals surface area contributed by atoms with Gasteiger partial charge in [-0.1, -0.05) is 18.2 Å². The fourth-order valence-electron chi connectivity index (χ4n) is 2.64. The van der Waals surface area contributed by atoms with E-state index in [-0.39, 0.29) is 11.3 Å². The Bertz CT molecular complexity index is 896. The minimum Gasteiger partial charge on any atom is -0.465 e. The number of fused-ring (bicyclic) bond motifs is 1. The highest BCUT2D eigenvalue weighted by molar-refractivity contribution is 7.20. The number of carbonyl (C=O) groups excluding carboxylic acids is 1. The van der Waals surface area contributed by atoms with E-state index in [1.54, 1.807) is 0 Å². The zero-order chi connectivity index (χ0) is 17.3. The number of hydrogen-bond acceptors (Lipinski definition) is 6. The van der Waals surface area contributed by atoms with Crippen LogP contribution in [0.5, 0.6) is 0 Å². The molecule has 0 saturated carbocycles. The quantitative estimate of drug-likeness (QED) is 0.502. The Morgan fingerprint density at radius 1 is 1.29 bits per heavy atom. The van der Waals surface area contributed by atoms with E-state index in [0.717, 1.165) is 16.6 Å². The maximum absolute atomic E-state index is 12.0. The average Bonchev–Trinajstić information content (AvgIpc) is 2.92. The van der Waals surface area contributed by atoms with Crippen molar-refractivity contribution in [3.05, 3.63) is 46.1 Å². The second kappa shape index (κ2) is 6.75. The minimum atomic E-state index is -0.375. The van der Waals surface area contributed by atoms with Crippen molar-refractivity contribution in [2.75, 3.05) is 18.6 Å². The zero-order valence-electron chi connectivity index (χ0n) is 13.5. The van der Waals surface area contributed by atoms with Crippen LogP contribution in [-0.2, 0) is 4.74 Å². The SMILES string of the molecule is CCN(c1ccccc1)c1nc(Cl)nc2sc(C(=O)OC)c(C)c12. The van der Waals surface area contributed by atoms with Gasteiger partial charge in [0.1, 0.15) is 15.5 Å². The van der Waals surface area contributed by atoms with Gasteiger partial charge >= 0.3 is 5.97 Å². The summed E-state index contributed by atoms with van der Waals surface area (Å²) in [5, 5.41) is 0.986. The summed E-state index contributed by atoms with van der Waals surface area (Å²) in [5.41, 5.74) is 1.81. The Morgan fingerprint density at radius 2 is 2.00 bits per heavy atom. The number of rotatable bonds is 4. The highest BCUT2D eigenvalue weighted by Crippen LogP contribution is 2.38. The number of aryl methyl sites for hydroxylation is 1. The molecule has 3 aromatic rings. The lowest BCUT2D eigenvalue weighted by Crippen LogP contribution is -2.18. The molecule has 0 amide bonds. The molecule has 0 unspecified atom stereocenters. The van der Waals surface area contributed by atoms with Gasteiger partial charge in [0.2, 0.25) is 5.28 Å². The van der Waals surface area contributed by atoms with Crippen LogP contribution in [0, 0.1) is 6.92 Å². The number of ether oxygens (including phenoxy) is 1. The van der Waals surface area contributed by atoms with Crippen molar-refractivity contribution in [1.29, 1.82) is 0 Å². The van der Waals surface area contributed by atoms with Crippen LogP contribution in [0.4, 0.5) is 11.5 Å². The number of carbonyl (C=O) groups is 1. The predicted molar refractivity (Wildman–Crippen MR) is 97.6 cm³/mol. The summed E-state index contributed by atoms with van der Waals surface area (Å²) in [4.78, 5) is 24.0. The molecular formula is C17H16ClN3O2S. The van der Waals surface area contributed by atoms with Crippen molar-refractivity contribution in [2.45, 2.75) is 13.8 Å². The second-order valence-corrected chi connectivity index (χ2v) is 6.46. The monoisotopic (exact) mass is 361 g/mol. The van der Waals surface area contributed by atoms with Gasteiger partial charge in [0.15, 0.2) is 0 Å². The van der Waals surface area contributed by atoms with Gasteiger partial charge in [0.05, 0.1) is 12.5 Å². The summed E-state index contributed by atoms with van der Waals surface area (Å²) >= 11 is 7.40. The van der Waals surface area contributed by atoms with Crippen LogP contribution in [0.25, 0.3) is 10.2 Å². The normalized spacial score (nSPS) is 10.8. The first-order chi connectivity index (χ1) is 11.6. The van der Waals surface area contributed by atoms with Gasteiger partial charge in [-0.2, -0.15) is 4.98 Å². The molecule has 1 aromatic carbocycles. The number of para-hydroxylation sites is 1. The Labute approximate surface area is 148 Å². The Kier molecular flexibility index (Phi) is 4.69. The lowest BCUT2D eigenvalue weighted by molar-refractivity contribution is 0.0605. The first kappa shape index (κ1) is 16.7. The van der Waals surface area contributed by atoms with Gasteiger partial charge in [-0.25, -0.2) is 9.78 Å². The van der Waals surface area contributed by atoms with E-state index in [4.69, 9.17) is 16.3 Å². The number of nitrogens with zero attached hydrogens (tertiary/aromatic N) is 3. The van der Waals surface area contributed by atoms with Crippen LogP contribution >= 0.6 is 22.9 Å². The van der Waals surface area contributed by atoms with Crippen LogP contribution in [-0.4, -0.2) is 29.6 Å². The van der Waals surface area contributed by atoms with E-state index in [1.807, 2.05) is 44.2 Å². The number of anilines is 2. The average molecular weight is 362 g/mol. The fraction of sp³-hybridized carbons (Fsp3) is 0.235. The highest BCUT2D eigenvalue weighted by atomic mass is 35.5. The Morgan fingerprint density at radius 3 is 2.62 bits per heavy atom. The van der Waals surface area contributed by atoms with Crippen LogP contribution in [0.15, 0.2) is 30.3 Å². The van der Waals surface area contributed by atoms with E-state index < -0.39 is 0 Å². The van der Waals surface area contributed by atoms with Gasteiger partial charge in [0, 0.05) is 12.2 Å². The van der Waals surface area contributed by atoms with E-state index in [9.17, 15) is 4.79 Å². The van der Waals surface area contributed by atoms with Crippen molar-refractivity contribution in [2.24, 2.45) is 0 Å². The number of halogens is 1. The summed E-state index contributed by atoms with van der Waals surface area (Å²) in [6.45, 7) is 4.62. The third kappa shape index (κ3) is 2.83. The Hall–Kier alpha value is -2.18. The summed E-state index contributed by atoms with van der Waals surface area (Å²) in [5.74, 6) is 0.322. The smallest absolute Gasteiger partial charge is 0.348 e. The van der Waals surface area contributed by atoms with Crippen molar-refractivity contribution in [3.8, 4) is 0 Å². The Balaban J connectivity index is 2.27. The molecule has 0 aliphatic carbocycles. The molecule has 5 nitrogen and oxygen atoms in total. The van der Waals surface area contributed by atoms with Crippen LogP contribution in [0.1, 0.15) is 22.2 Å². The third-order valence-corrected chi connectivity index (χ3v) is 5.09. The van der Waals surface area contributed by atoms with Gasteiger partial charge in [-0.05, 0) is 43.1 Å². The van der Waals surface area contributed by atoms with Crippen LogP contribution in [0.3, 0.4) is 0 Å². The van der Waals surface area contributed by atoms with Gasteiger partial charge in [0.25, 0.3) is 0 Å². The highest BCUT2D eigenvalue weighted by Gasteiger charge is 2.23. The predicted octanol–water partition coefficient (Wildman–Crippen LogP) is 4.60. The molecule has 0 aliphatic rings. The van der Waals surface area contributed by atoms with Crippen molar-refractivity contribution < 1.29 is 9.53 Å². The molecule has 124 valence electrons. The molecule has 0 spiro atoms. The second-order valence-electron chi connectivity index (χ2n) is 5.12. The molecular weight excluding hydrogens is 346 g/mol. The molecule has 0 aliphatic heterocycles. The van der Waals surface area contributed by atoms with E-state index in [2.05, 4.69) is 14.9 Å². The molecule has 0 fully saturated rings. The maximum Gasteiger partial charge on any atom is 0.348 e. The molecule has 0 bridgehead atoms. The lowest BCUT2D eigenvalue weighted by Gasteiger charge is -2.23. The van der Waals surface area contributed by atoms with Gasteiger partial charge < -0.3 is 9.64 Å². The van der Waals surface area contributed by atoms with Gasteiger partial charge in [-0.15, -0.1) is 11.3 Å². The molecule has 0 atom stereocenters. The molecule has 0 N–H and O–H groups in total. The van der Waals surface area contributed by atoms with E-state index >= 15 is 0 Å². The van der Waals surface area contributed by atoms with Crippen molar-refractivity contribution in [1.82, 2.24) is 9.97 Å². The maximum atomic E-state index is 12.0. The number of hydrogen-bond donors (Lipinski definition) is 0. The molecule has 2 heterocycles. The zero-order valence-corrected chi connectivity index (χ0v) is 15.1. The van der Waals surface area contributed by atoms with E-state index in [0.29, 0.717) is 22.1 Å². The summed E-state index contributed by atoms with van der Waals surface area (Å²) in [6, 6.07) is 9.92. The molecule has 2 aromatic heterocycles. The number of methoxy groups -OCH3 is 1. The molecule has 3 rings (SSSR count). The number of esters is 1. The standard InChI is InChI=1S/C17H16ClN3O2S/c1-4-21(11-8-6-5-7-9-11)14-12-10(2)13(16(22)23-3)24-15(12)20-17(18)19-14/h5-9H,4H2,1-3H3. The molecule has 7 heteroatoms. The van der Waals surface area contributed by atoms with E-state index in [1.165, 1.54) is 18.4 Å². The number of aromatic nitrogens is 2. The molecule has 0 saturated heterocycles. The van der Waals surface area contributed by atoms with Crippen molar-refractivity contribution in [3.63, 3.8) is 0 Å². The summed E-state index contributed by atoms with van der Waals surface area (Å²) in [7, 11) is 1.37. The third-order valence-electron chi connectivity index (χ3n) is 3.75. The molecule has 24 heavy (non-hydrogen) atoms. The van der Waals surface area contributed by atoms with Crippen molar-refractivity contribution >= 4 is 50.6 Å². The summed E-state index contributed by atoms with van der Waals surface area (Å²) < 4.78 is 4.86. The van der Waals surface area contributed by atoms with Crippen LogP contribution < -0.4 is 4.90 Å². The van der Waals surface area contributed by atoms with Gasteiger partial charge in [-0.3, -0.25) is 0 Å². The first-order valence-corrected chi connectivity index (χ1v) is 8.63. The summed E-state index contributed by atoms with van der Waals surface area (Å²) in [6.07, 6.45) is 0. The first-order valence-electron chi connectivity index (χ1n) is 7.44. The molecule has 0 radical (unpaired) electrons. The largest absolute Gasteiger partial charge is 0.465 e. The lowest BCUT2D eigenvalue weighted by atomic mass is 10.2. The van der Waals surface area contributed by atoms with Crippen LogP contribution in [0.2, 0.25) is 5.28 Å². The topological polar surface area (TPSA) is 55.3 Å². The number of thiophene rings is 1. The minimum absolute atomic E-state index is 0.157.